The van der Waals surface area contributed by atoms with Crippen LogP contribution in [-0.2, 0) is 16.1 Å². The normalized spacial score (nSPS) is 14.3. The first-order valence-corrected chi connectivity index (χ1v) is 10.9. The lowest BCUT2D eigenvalue weighted by Gasteiger charge is -2.25. The topological polar surface area (TPSA) is 116 Å². The van der Waals surface area contributed by atoms with E-state index in [9.17, 15) is 14.9 Å². The van der Waals surface area contributed by atoms with Gasteiger partial charge in [-0.05, 0) is 45.9 Å². The second kappa shape index (κ2) is 11.7. The minimum atomic E-state index is -0.443. The summed E-state index contributed by atoms with van der Waals surface area (Å²) in [7, 11) is 1.52. The van der Waals surface area contributed by atoms with Crippen LogP contribution in [0, 0.1) is 13.7 Å². The van der Waals surface area contributed by atoms with E-state index >= 15 is 0 Å². The number of hydrazone groups is 1. The first-order valence-electron chi connectivity index (χ1n) is 9.82. The lowest BCUT2D eigenvalue weighted by molar-refractivity contribution is -0.384. The Morgan fingerprint density at radius 2 is 2.12 bits per heavy atom. The molecule has 1 saturated heterocycles. The van der Waals surface area contributed by atoms with Crippen LogP contribution in [-0.4, -0.2) is 61.9 Å². The van der Waals surface area contributed by atoms with Gasteiger partial charge >= 0.3 is 0 Å². The number of carbonyl (C=O) groups excluding carboxylic acids is 1. The number of benzene rings is 2. The number of nitro groups is 1. The predicted octanol–water partition coefficient (Wildman–Crippen LogP) is 2.57. The standard InChI is InChI=1S/C21H23IN4O6/c1-30-19-11-16(12-23-24-20(27)13-25-5-7-31-8-6-25)10-18(22)21(19)32-14-15-3-2-4-17(9-15)26(28)29/h2-4,9-12H,5-8,13-14H2,1H3,(H,24,27)/b23-12+. The quantitative estimate of drug-likeness (QED) is 0.219. The smallest absolute Gasteiger partial charge is 0.269 e. The molecule has 2 aromatic carbocycles. The van der Waals surface area contributed by atoms with Crippen LogP contribution in [0.1, 0.15) is 11.1 Å². The highest BCUT2D eigenvalue weighted by Gasteiger charge is 2.14. The van der Waals surface area contributed by atoms with Gasteiger partial charge in [-0.15, -0.1) is 0 Å². The third-order valence-corrected chi connectivity index (χ3v) is 5.43. The van der Waals surface area contributed by atoms with Crippen molar-refractivity contribution < 1.29 is 23.9 Å². The van der Waals surface area contributed by atoms with E-state index in [1.807, 2.05) is 11.0 Å². The van der Waals surface area contributed by atoms with E-state index in [0.717, 1.165) is 22.2 Å². The van der Waals surface area contributed by atoms with E-state index in [2.05, 4.69) is 33.1 Å². The van der Waals surface area contributed by atoms with Crippen LogP contribution in [0.4, 0.5) is 5.69 Å². The van der Waals surface area contributed by atoms with E-state index in [0.29, 0.717) is 30.3 Å². The van der Waals surface area contributed by atoms with Crippen LogP contribution in [0.25, 0.3) is 0 Å². The number of rotatable bonds is 9. The Morgan fingerprint density at radius 3 is 2.84 bits per heavy atom. The predicted molar refractivity (Wildman–Crippen MR) is 126 cm³/mol. The molecule has 1 N–H and O–H groups in total. The van der Waals surface area contributed by atoms with Crippen LogP contribution < -0.4 is 14.9 Å². The van der Waals surface area contributed by atoms with Gasteiger partial charge in [0, 0.05) is 25.2 Å². The zero-order chi connectivity index (χ0) is 22.9. The van der Waals surface area contributed by atoms with Crippen LogP contribution >= 0.6 is 22.6 Å². The van der Waals surface area contributed by atoms with Crippen molar-refractivity contribution >= 4 is 40.4 Å². The molecule has 0 radical (unpaired) electrons. The number of ether oxygens (including phenoxy) is 3. The Labute approximate surface area is 198 Å². The number of hydrogen-bond donors (Lipinski definition) is 1. The maximum absolute atomic E-state index is 12.0. The van der Waals surface area contributed by atoms with E-state index in [-0.39, 0.29) is 24.7 Å². The molecule has 3 rings (SSSR count). The second-order valence-corrected chi connectivity index (χ2v) is 8.09. The molecule has 10 nitrogen and oxygen atoms in total. The Hall–Kier alpha value is -2.77. The largest absolute Gasteiger partial charge is 0.493 e. The molecule has 170 valence electrons. The Kier molecular flexibility index (Phi) is 8.76. The molecular weight excluding hydrogens is 531 g/mol. The summed E-state index contributed by atoms with van der Waals surface area (Å²) in [6, 6.07) is 9.85. The number of methoxy groups -OCH3 is 1. The number of halogens is 1. The Morgan fingerprint density at radius 1 is 1.34 bits per heavy atom. The fraction of sp³-hybridized carbons (Fsp3) is 0.333. The number of morpholine rings is 1. The van der Waals surface area contributed by atoms with E-state index < -0.39 is 4.92 Å². The third-order valence-electron chi connectivity index (χ3n) is 4.63. The Balaban J connectivity index is 1.61. The van der Waals surface area contributed by atoms with Gasteiger partial charge in [0.05, 0.1) is 41.6 Å². The monoisotopic (exact) mass is 554 g/mol. The van der Waals surface area contributed by atoms with Crippen molar-refractivity contribution in [2.45, 2.75) is 6.61 Å². The number of carbonyl (C=O) groups is 1. The minimum absolute atomic E-state index is 0.00925. The molecule has 32 heavy (non-hydrogen) atoms. The maximum atomic E-state index is 12.0. The highest BCUT2D eigenvalue weighted by atomic mass is 127. The SMILES string of the molecule is COc1cc(/C=N/NC(=O)CN2CCOCC2)cc(I)c1OCc1cccc([N+](=O)[O-])c1. The highest BCUT2D eigenvalue weighted by molar-refractivity contribution is 14.1. The third kappa shape index (κ3) is 6.87. The summed E-state index contributed by atoms with van der Waals surface area (Å²) < 4.78 is 17.4. The van der Waals surface area contributed by atoms with Crippen molar-refractivity contribution in [2.75, 3.05) is 40.0 Å². The number of amides is 1. The minimum Gasteiger partial charge on any atom is -0.493 e. The van der Waals surface area contributed by atoms with Crippen LogP contribution in [0.15, 0.2) is 41.5 Å². The maximum Gasteiger partial charge on any atom is 0.269 e. The molecule has 1 aliphatic rings. The summed E-state index contributed by atoms with van der Waals surface area (Å²) in [6.07, 6.45) is 1.53. The van der Waals surface area contributed by atoms with Gasteiger partial charge in [-0.3, -0.25) is 19.8 Å². The zero-order valence-corrected chi connectivity index (χ0v) is 19.6. The molecule has 0 unspecified atom stereocenters. The average Bonchev–Trinajstić information content (AvgIpc) is 2.79. The molecule has 1 amide bonds. The summed E-state index contributed by atoms with van der Waals surface area (Å²) >= 11 is 2.12. The molecule has 0 atom stereocenters. The van der Waals surface area contributed by atoms with Crippen molar-refractivity contribution in [3.05, 3.63) is 61.2 Å². The van der Waals surface area contributed by atoms with Crippen molar-refractivity contribution in [1.29, 1.82) is 0 Å². The lowest BCUT2D eigenvalue weighted by Crippen LogP contribution is -2.42. The first-order chi connectivity index (χ1) is 15.5. The summed E-state index contributed by atoms with van der Waals surface area (Å²) in [5, 5.41) is 15.0. The molecule has 1 aliphatic heterocycles. The Bertz CT molecular complexity index is 994. The van der Waals surface area contributed by atoms with Crippen molar-refractivity contribution in [3.8, 4) is 11.5 Å². The summed E-state index contributed by atoms with van der Waals surface area (Å²) in [5.41, 5.74) is 3.93. The molecule has 0 aromatic heterocycles. The van der Waals surface area contributed by atoms with Crippen molar-refractivity contribution in [1.82, 2.24) is 10.3 Å². The summed E-state index contributed by atoms with van der Waals surface area (Å²) in [6.45, 7) is 3.13. The molecule has 0 saturated carbocycles. The molecule has 0 spiro atoms. The molecule has 0 bridgehead atoms. The number of nitro benzene ring substituents is 1. The van der Waals surface area contributed by atoms with Gasteiger partial charge in [-0.1, -0.05) is 12.1 Å². The molecule has 2 aromatic rings. The number of nitrogens with one attached hydrogen (secondary N) is 1. The van der Waals surface area contributed by atoms with Crippen LogP contribution in [0.5, 0.6) is 11.5 Å². The number of nitrogens with zero attached hydrogens (tertiary/aromatic N) is 3. The molecule has 1 heterocycles. The number of hydrogen-bond acceptors (Lipinski definition) is 8. The van der Waals surface area contributed by atoms with E-state index in [1.165, 1.54) is 25.5 Å². The lowest BCUT2D eigenvalue weighted by atomic mass is 10.2. The van der Waals surface area contributed by atoms with Crippen LogP contribution in [0.3, 0.4) is 0 Å². The first kappa shape index (κ1) is 23.9. The molecule has 11 heteroatoms. The highest BCUT2D eigenvalue weighted by Crippen LogP contribution is 2.34. The van der Waals surface area contributed by atoms with Gasteiger partial charge in [-0.2, -0.15) is 5.10 Å². The zero-order valence-electron chi connectivity index (χ0n) is 17.5. The summed E-state index contributed by atoms with van der Waals surface area (Å²) in [5.74, 6) is 0.818. The molecular formula is C21H23IN4O6. The van der Waals surface area contributed by atoms with Gasteiger partial charge in [-0.25, -0.2) is 5.43 Å². The van der Waals surface area contributed by atoms with Gasteiger partial charge in [0.15, 0.2) is 11.5 Å². The fourth-order valence-electron chi connectivity index (χ4n) is 3.05. The molecule has 0 aliphatic carbocycles. The second-order valence-electron chi connectivity index (χ2n) is 6.93. The van der Waals surface area contributed by atoms with Gasteiger partial charge in [0.1, 0.15) is 6.61 Å². The van der Waals surface area contributed by atoms with E-state index in [4.69, 9.17) is 14.2 Å². The summed E-state index contributed by atoms with van der Waals surface area (Å²) in [4.78, 5) is 24.5. The average molecular weight is 554 g/mol. The van der Waals surface area contributed by atoms with Crippen molar-refractivity contribution in [3.63, 3.8) is 0 Å². The number of non-ortho nitro benzene ring substituents is 1. The molecule has 1 fully saturated rings. The van der Waals surface area contributed by atoms with Gasteiger partial charge in [0.25, 0.3) is 11.6 Å². The van der Waals surface area contributed by atoms with Crippen LogP contribution in [0.2, 0.25) is 0 Å². The fourth-order valence-corrected chi connectivity index (χ4v) is 3.83. The van der Waals surface area contributed by atoms with Gasteiger partial charge < -0.3 is 14.2 Å². The van der Waals surface area contributed by atoms with E-state index in [1.54, 1.807) is 18.2 Å². The van der Waals surface area contributed by atoms with Crippen molar-refractivity contribution in [2.24, 2.45) is 5.10 Å². The van der Waals surface area contributed by atoms with Gasteiger partial charge in [0.2, 0.25) is 0 Å².